The summed E-state index contributed by atoms with van der Waals surface area (Å²) in [5, 5.41) is 0. The van der Waals surface area contributed by atoms with Crippen molar-refractivity contribution >= 4 is 23.7 Å². The first-order chi connectivity index (χ1) is 8.09. The lowest BCUT2D eigenvalue weighted by atomic mass is 10.4. The van der Waals surface area contributed by atoms with Gasteiger partial charge in [-0.3, -0.25) is 0 Å². The molecule has 0 saturated carbocycles. The SMILES string of the molecule is C=C(C)C(=O)OCC(=O)OC1CSCCCO1. The van der Waals surface area contributed by atoms with Crippen LogP contribution in [0.5, 0.6) is 0 Å². The summed E-state index contributed by atoms with van der Waals surface area (Å²) in [5.41, 5.74) is 0.249. The van der Waals surface area contributed by atoms with Crippen LogP contribution in [0.15, 0.2) is 12.2 Å². The van der Waals surface area contributed by atoms with Gasteiger partial charge in [-0.25, -0.2) is 9.59 Å². The Kier molecular flexibility index (Phi) is 6.07. The second-order valence-electron chi connectivity index (χ2n) is 3.58. The number of ether oxygens (including phenoxy) is 3. The van der Waals surface area contributed by atoms with Gasteiger partial charge in [-0.05, 0) is 19.1 Å². The van der Waals surface area contributed by atoms with Crippen molar-refractivity contribution in [2.75, 3.05) is 24.7 Å². The van der Waals surface area contributed by atoms with Crippen molar-refractivity contribution < 1.29 is 23.8 Å². The fraction of sp³-hybridized carbons (Fsp3) is 0.636. The van der Waals surface area contributed by atoms with E-state index in [2.05, 4.69) is 11.3 Å². The normalized spacial score (nSPS) is 20.2. The lowest BCUT2D eigenvalue weighted by molar-refractivity contribution is -0.180. The number of hydrogen-bond acceptors (Lipinski definition) is 6. The molecule has 1 unspecified atom stereocenters. The number of hydrogen-bond donors (Lipinski definition) is 0. The van der Waals surface area contributed by atoms with Gasteiger partial charge in [-0.15, -0.1) is 0 Å². The van der Waals surface area contributed by atoms with Crippen molar-refractivity contribution in [2.24, 2.45) is 0 Å². The van der Waals surface area contributed by atoms with Crippen molar-refractivity contribution in [1.29, 1.82) is 0 Å². The minimum Gasteiger partial charge on any atom is -0.450 e. The molecule has 96 valence electrons. The van der Waals surface area contributed by atoms with Crippen LogP contribution in [0.25, 0.3) is 0 Å². The molecule has 0 amide bonds. The van der Waals surface area contributed by atoms with Gasteiger partial charge >= 0.3 is 11.9 Å². The van der Waals surface area contributed by atoms with E-state index in [1.54, 1.807) is 11.8 Å². The molecule has 0 aromatic rings. The maximum atomic E-state index is 11.3. The maximum Gasteiger partial charge on any atom is 0.346 e. The molecule has 1 atom stereocenters. The lowest BCUT2D eigenvalue weighted by Gasteiger charge is -2.15. The molecule has 0 spiro atoms. The number of esters is 2. The molecule has 0 N–H and O–H groups in total. The quantitative estimate of drug-likeness (QED) is 0.558. The van der Waals surface area contributed by atoms with Crippen LogP contribution in [0.3, 0.4) is 0 Å². The minimum absolute atomic E-state index is 0.249. The molecule has 0 radical (unpaired) electrons. The predicted octanol–water partition coefficient (Wildman–Crippen LogP) is 1.13. The molecule has 6 heteroatoms. The minimum atomic E-state index is -0.605. The first-order valence-corrected chi connectivity index (χ1v) is 6.46. The van der Waals surface area contributed by atoms with Gasteiger partial charge in [-0.2, -0.15) is 11.8 Å². The highest BCUT2D eigenvalue weighted by molar-refractivity contribution is 7.99. The van der Waals surface area contributed by atoms with Crippen molar-refractivity contribution in [3.63, 3.8) is 0 Å². The molecule has 0 aromatic carbocycles. The summed E-state index contributed by atoms with van der Waals surface area (Å²) < 4.78 is 15.0. The Labute approximate surface area is 104 Å². The molecular formula is C11H16O5S. The number of carbonyl (C=O) groups excluding carboxylic acids is 2. The third kappa shape index (κ3) is 5.74. The Bertz CT molecular complexity index is 294. The summed E-state index contributed by atoms with van der Waals surface area (Å²) in [6, 6.07) is 0. The summed E-state index contributed by atoms with van der Waals surface area (Å²) in [5.74, 6) is 0.406. The van der Waals surface area contributed by atoms with Gasteiger partial charge in [0.05, 0.1) is 12.4 Å². The van der Waals surface area contributed by atoms with E-state index >= 15 is 0 Å². The van der Waals surface area contributed by atoms with Gasteiger partial charge in [0, 0.05) is 5.57 Å². The highest BCUT2D eigenvalue weighted by atomic mass is 32.2. The largest absolute Gasteiger partial charge is 0.450 e. The van der Waals surface area contributed by atoms with Crippen molar-refractivity contribution in [3.8, 4) is 0 Å². The van der Waals surface area contributed by atoms with Gasteiger partial charge in [-0.1, -0.05) is 6.58 Å². The van der Waals surface area contributed by atoms with Crippen molar-refractivity contribution in [3.05, 3.63) is 12.2 Å². The molecule has 17 heavy (non-hydrogen) atoms. The Morgan fingerprint density at radius 2 is 2.29 bits per heavy atom. The molecule has 1 fully saturated rings. The van der Waals surface area contributed by atoms with Crippen LogP contribution in [0.1, 0.15) is 13.3 Å². The van der Waals surface area contributed by atoms with E-state index in [1.165, 1.54) is 6.92 Å². The third-order valence-corrected chi connectivity index (χ3v) is 3.01. The van der Waals surface area contributed by atoms with Gasteiger partial charge in [0.2, 0.25) is 6.29 Å². The second kappa shape index (κ2) is 7.34. The Hall–Kier alpha value is -1.01. The van der Waals surface area contributed by atoms with Gasteiger partial charge in [0.15, 0.2) is 6.61 Å². The second-order valence-corrected chi connectivity index (χ2v) is 4.72. The predicted molar refractivity (Wildman–Crippen MR) is 63.5 cm³/mol. The van der Waals surface area contributed by atoms with Crippen molar-refractivity contribution in [1.82, 2.24) is 0 Å². The monoisotopic (exact) mass is 260 g/mol. The van der Waals surface area contributed by atoms with E-state index in [-0.39, 0.29) is 5.57 Å². The molecule has 0 bridgehead atoms. The molecule has 1 rings (SSSR count). The van der Waals surface area contributed by atoms with E-state index in [1.807, 2.05) is 0 Å². The highest BCUT2D eigenvalue weighted by Gasteiger charge is 2.18. The Morgan fingerprint density at radius 3 is 3.00 bits per heavy atom. The zero-order chi connectivity index (χ0) is 12.7. The van der Waals surface area contributed by atoms with Crippen LogP contribution in [-0.4, -0.2) is 42.9 Å². The van der Waals surface area contributed by atoms with Crippen LogP contribution < -0.4 is 0 Å². The fourth-order valence-corrected chi connectivity index (χ4v) is 1.95. The van der Waals surface area contributed by atoms with Crippen molar-refractivity contribution in [2.45, 2.75) is 19.6 Å². The molecule has 1 aliphatic rings. The van der Waals surface area contributed by atoms with E-state index in [9.17, 15) is 9.59 Å². The zero-order valence-corrected chi connectivity index (χ0v) is 10.6. The third-order valence-electron chi connectivity index (χ3n) is 1.92. The van der Waals surface area contributed by atoms with Gasteiger partial charge in [0.1, 0.15) is 0 Å². The maximum absolute atomic E-state index is 11.3. The number of rotatable bonds is 4. The average molecular weight is 260 g/mol. The molecule has 0 aliphatic carbocycles. The lowest BCUT2D eigenvalue weighted by Crippen LogP contribution is -2.26. The Balaban J connectivity index is 2.23. The zero-order valence-electron chi connectivity index (χ0n) is 9.77. The van der Waals surface area contributed by atoms with Gasteiger partial charge < -0.3 is 14.2 Å². The number of carbonyl (C=O) groups is 2. The number of thioether (sulfide) groups is 1. The average Bonchev–Trinajstić information content (AvgIpc) is 2.54. The molecule has 1 heterocycles. The standard InChI is InChI=1S/C11H16O5S/c1-8(2)11(13)15-6-9(12)16-10-7-17-5-3-4-14-10/h10H,1,3-7H2,2H3. The van der Waals surface area contributed by atoms with Crippen LogP contribution in [-0.2, 0) is 23.8 Å². The molecular weight excluding hydrogens is 244 g/mol. The topological polar surface area (TPSA) is 61.8 Å². The van der Waals surface area contributed by atoms with Gasteiger partial charge in [0.25, 0.3) is 0 Å². The van der Waals surface area contributed by atoms with Crippen LogP contribution in [0.4, 0.5) is 0 Å². The van der Waals surface area contributed by atoms with E-state index < -0.39 is 24.8 Å². The summed E-state index contributed by atoms with van der Waals surface area (Å²) in [7, 11) is 0. The first kappa shape index (κ1) is 14.1. The molecule has 1 aliphatic heterocycles. The summed E-state index contributed by atoms with van der Waals surface area (Å²) in [4.78, 5) is 22.4. The van der Waals surface area contributed by atoms with Crippen LogP contribution in [0.2, 0.25) is 0 Å². The molecule has 5 nitrogen and oxygen atoms in total. The first-order valence-electron chi connectivity index (χ1n) is 5.31. The molecule has 1 saturated heterocycles. The fourth-order valence-electron chi connectivity index (χ4n) is 1.10. The van der Waals surface area contributed by atoms with E-state index in [0.29, 0.717) is 12.4 Å². The van der Waals surface area contributed by atoms with E-state index in [4.69, 9.17) is 9.47 Å². The summed E-state index contributed by atoms with van der Waals surface area (Å²) in [6.07, 6.45) is 0.405. The Morgan fingerprint density at radius 1 is 1.53 bits per heavy atom. The smallest absolute Gasteiger partial charge is 0.346 e. The van der Waals surface area contributed by atoms with Crippen LogP contribution in [0, 0.1) is 0 Å². The highest BCUT2D eigenvalue weighted by Crippen LogP contribution is 2.13. The summed E-state index contributed by atoms with van der Waals surface area (Å²) >= 11 is 1.67. The van der Waals surface area contributed by atoms with E-state index in [0.717, 1.165) is 12.2 Å². The molecule has 0 aromatic heterocycles. The summed E-state index contributed by atoms with van der Waals surface area (Å²) in [6.45, 7) is 5.09. The van der Waals surface area contributed by atoms with Crippen LogP contribution >= 0.6 is 11.8 Å².